The summed E-state index contributed by atoms with van der Waals surface area (Å²) in [6.45, 7) is 5.35. The van der Waals surface area contributed by atoms with Crippen LogP contribution in [0.15, 0.2) is 54.6 Å². The lowest BCUT2D eigenvalue weighted by Crippen LogP contribution is -2.32. The molecular formula is C20H24N2O2. The van der Waals surface area contributed by atoms with Crippen LogP contribution in [0.5, 0.6) is 0 Å². The third-order valence-electron chi connectivity index (χ3n) is 3.92. The standard InChI is InChI=1S/C20H24N2O2/c1-3-22(14-13-17-7-5-4-6-8-17)20(24)19-11-9-18(10-12-19)15-21-16(2)23/h4-12H,3,13-15H2,1-2H3,(H,21,23). The van der Waals surface area contributed by atoms with Gasteiger partial charge < -0.3 is 10.2 Å². The Morgan fingerprint density at radius 1 is 0.958 bits per heavy atom. The molecule has 2 aromatic rings. The van der Waals surface area contributed by atoms with E-state index in [1.807, 2.05) is 54.3 Å². The summed E-state index contributed by atoms with van der Waals surface area (Å²) >= 11 is 0. The largest absolute Gasteiger partial charge is 0.352 e. The summed E-state index contributed by atoms with van der Waals surface area (Å²) in [6.07, 6.45) is 0.848. The smallest absolute Gasteiger partial charge is 0.253 e. The second-order valence-corrected chi connectivity index (χ2v) is 5.73. The molecule has 4 heteroatoms. The molecule has 0 saturated carbocycles. The SMILES string of the molecule is CCN(CCc1ccccc1)C(=O)c1ccc(CNC(C)=O)cc1. The van der Waals surface area contributed by atoms with E-state index in [1.54, 1.807) is 0 Å². The topological polar surface area (TPSA) is 49.4 Å². The zero-order valence-electron chi connectivity index (χ0n) is 14.3. The van der Waals surface area contributed by atoms with Crippen molar-refractivity contribution in [3.63, 3.8) is 0 Å². The van der Waals surface area contributed by atoms with Gasteiger partial charge in [0.2, 0.25) is 5.91 Å². The van der Waals surface area contributed by atoms with Gasteiger partial charge in [-0.2, -0.15) is 0 Å². The van der Waals surface area contributed by atoms with Crippen molar-refractivity contribution in [3.8, 4) is 0 Å². The Labute approximate surface area is 143 Å². The Kier molecular flexibility index (Phi) is 6.55. The van der Waals surface area contributed by atoms with Crippen LogP contribution in [-0.2, 0) is 17.8 Å². The number of amides is 2. The predicted molar refractivity (Wildman–Crippen MR) is 95.7 cm³/mol. The molecule has 0 aromatic heterocycles. The summed E-state index contributed by atoms with van der Waals surface area (Å²) in [5, 5.41) is 2.75. The number of hydrogen-bond donors (Lipinski definition) is 1. The fourth-order valence-electron chi connectivity index (χ4n) is 2.49. The van der Waals surface area contributed by atoms with Crippen molar-refractivity contribution in [1.29, 1.82) is 0 Å². The number of carbonyl (C=O) groups excluding carboxylic acids is 2. The van der Waals surface area contributed by atoms with E-state index in [2.05, 4.69) is 17.4 Å². The molecule has 0 aliphatic rings. The Hall–Kier alpha value is -2.62. The summed E-state index contributed by atoms with van der Waals surface area (Å²) < 4.78 is 0. The van der Waals surface area contributed by atoms with Gasteiger partial charge in [0, 0.05) is 32.1 Å². The van der Waals surface area contributed by atoms with Crippen LogP contribution in [0.1, 0.15) is 35.3 Å². The number of hydrogen-bond acceptors (Lipinski definition) is 2. The maximum absolute atomic E-state index is 12.6. The summed E-state index contributed by atoms with van der Waals surface area (Å²) in [4.78, 5) is 25.4. The van der Waals surface area contributed by atoms with Gasteiger partial charge >= 0.3 is 0 Å². The quantitative estimate of drug-likeness (QED) is 0.851. The van der Waals surface area contributed by atoms with E-state index in [9.17, 15) is 9.59 Å². The molecule has 2 aromatic carbocycles. The van der Waals surface area contributed by atoms with E-state index in [-0.39, 0.29) is 11.8 Å². The second kappa shape index (κ2) is 8.87. The van der Waals surface area contributed by atoms with Crippen molar-refractivity contribution >= 4 is 11.8 Å². The third kappa shape index (κ3) is 5.23. The zero-order chi connectivity index (χ0) is 17.4. The summed E-state index contributed by atoms with van der Waals surface area (Å²) in [5.41, 5.74) is 2.89. The van der Waals surface area contributed by atoms with Gasteiger partial charge in [0.1, 0.15) is 0 Å². The fourth-order valence-corrected chi connectivity index (χ4v) is 2.49. The summed E-state index contributed by atoms with van der Waals surface area (Å²) in [6, 6.07) is 17.6. The number of nitrogens with one attached hydrogen (secondary N) is 1. The minimum Gasteiger partial charge on any atom is -0.352 e. The normalized spacial score (nSPS) is 10.2. The predicted octanol–water partition coefficient (Wildman–Crippen LogP) is 3.03. The van der Waals surface area contributed by atoms with E-state index in [4.69, 9.17) is 0 Å². The maximum Gasteiger partial charge on any atom is 0.253 e. The lowest BCUT2D eigenvalue weighted by molar-refractivity contribution is -0.119. The Morgan fingerprint density at radius 3 is 2.21 bits per heavy atom. The van der Waals surface area contributed by atoms with Crippen LogP contribution >= 0.6 is 0 Å². The number of benzene rings is 2. The minimum absolute atomic E-state index is 0.0412. The lowest BCUT2D eigenvalue weighted by atomic mass is 10.1. The molecule has 0 radical (unpaired) electrons. The van der Waals surface area contributed by atoms with Crippen LogP contribution in [0.4, 0.5) is 0 Å². The molecule has 24 heavy (non-hydrogen) atoms. The number of carbonyl (C=O) groups is 2. The summed E-state index contributed by atoms with van der Waals surface area (Å²) in [5.74, 6) is -0.0206. The first-order chi connectivity index (χ1) is 11.6. The van der Waals surface area contributed by atoms with Crippen LogP contribution in [0.2, 0.25) is 0 Å². The van der Waals surface area contributed by atoms with Crippen molar-refractivity contribution in [2.24, 2.45) is 0 Å². The van der Waals surface area contributed by atoms with Crippen LogP contribution < -0.4 is 5.32 Å². The highest BCUT2D eigenvalue weighted by molar-refractivity contribution is 5.94. The first-order valence-electron chi connectivity index (χ1n) is 8.26. The average molecular weight is 324 g/mol. The molecule has 1 N–H and O–H groups in total. The van der Waals surface area contributed by atoms with Crippen molar-refractivity contribution < 1.29 is 9.59 Å². The molecule has 2 rings (SSSR count). The molecule has 0 spiro atoms. The van der Waals surface area contributed by atoms with Gasteiger partial charge in [-0.25, -0.2) is 0 Å². The Morgan fingerprint density at radius 2 is 1.62 bits per heavy atom. The highest BCUT2D eigenvalue weighted by Gasteiger charge is 2.13. The molecule has 0 bridgehead atoms. The minimum atomic E-state index is -0.0618. The van der Waals surface area contributed by atoms with E-state index < -0.39 is 0 Å². The van der Waals surface area contributed by atoms with E-state index >= 15 is 0 Å². The molecule has 0 saturated heterocycles. The second-order valence-electron chi connectivity index (χ2n) is 5.73. The van der Waals surface area contributed by atoms with Gasteiger partial charge in [0.25, 0.3) is 5.91 Å². The first kappa shape index (κ1) is 17.7. The molecule has 0 heterocycles. The van der Waals surface area contributed by atoms with Crippen molar-refractivity contribution in [3.05, 3.63) is 71.3 Å². The first-order valence-corrected chi connectivity index (χ1v) is 8.26. The molecule has 0 unspecified atom stereocenters. The fraction of sp³-hybridized carbons (Fsp3) is 0.300. The van der Waals surface area contributed by atoms with Gasteiger partial charge in [0.15, 0.2) is 0 Å². The summed E-state index contributed by atoms with van der Waals surface area (Å²) in [7, 11) is 0. The molecule has 4 nitrogen and oxygen atoms in total. The third-order valence-corrected chi connectivity index (χ3v) is 3.92. The average Bonchev–Trinajstić information content (AvgIpc) is 2.61. The van der Waals surface area contributed by atoms with Gasteiger partial charge in [-0.3, -0.25) is 9.59 Å². The van der Waals surface area contributed by atoms with Crippen molar-refractivity contribution in [2.75, 3.05) is 13.1 Å². The number of likely N-dealkylation sites (N-methyl/N-ethyl adjacent to an activating group) is 1. The van der Waals surface area contributed by atoms with Crippen molar-refractivity contribution in [2.45, 2.75) is 26.8 Å². The molecular weight excluding hydrogens is 300 g/mol. The molecule has 0 atom stereocenters. The maximum atomic E-state index is 12.6. The Bertz CT molecular complexity index is 666. The van der Waals surface area contributed by atoms with Gasteiger partial charge in [-0.15, -0.1) is 0 Å². The highest BCUT2D eigenvalue weighted by Crippen LogP contribution is 2.09. The molecule has 126 valence electrons. The molecule has 0 aliphatic heterocycles. The van der Waals surface area contributed by atoms with E-state index in [0.29, 0.717) is 25.2 Å². The van der Waals surface area contributed by atoms with E-state index in [1.165, 1.54) is 12.5 Å². The van der Waals surface area contributed by atoms with Crippen LogP contribution in [0, 0.1) is 0 Å². The van der Waals surface area contributed by atoms with E-state index in [0.717, 1.165) is 12.0 Å². The zero-order valence-corrected chi connectivity index (χ0v) is 14.3. The number of rotatable bonds is 7. The Balaban J connectivity index is 1.96. The molecule has 2 amide bonds. The monoisotopic (exact) mass is 324 g/mol. The van der Waals surface area contributed by atoms with Crippen LogP contribution in [0.25, 0.3) is 0 Å². The molecule has 0 aliphatic carbocycles. The van der Waals surface area contributed by atoms with Gasteiger partial charge in [-0.1, -0.05) is 42.5 Å². The molecule has 0 fully saturated rings. The highest BCUT2D eigenvalue weighted by atomic mass is 16.2. The number of nitrogens with zero attached hydrogens (tertiary/aromatic N) is 1. The lowest BCUT2D eigenvalue weighted by Gasteiger charge is -2.21. The van der Waals surface area contributed by atoms with Gasteiger partial charge in [0.05, 0.1) is 0 Å². The van der Waals surface area contributed by atoms with Gasteiger partial charge in [-0.05, 0) is 36.6 Å². The van der Waals surface area contributed by atoms with Crippen LogP contribution in [0.3, 0.4) is 0 Å². The van der Waals surface area contributed by atoms with Crippen LogP contribution in [-0.4, -0.2) is 29.8 Å². The van der Waals surface area contributed by atoms with Crippen molar-refractivity contribution in [1.82, 2.24) is 10.2 Å².